The number of fused-ring (bicyclic) bond motifs is 1. The number of rotatable bonds is 2. The third-order valence-corrected chi connectivity index (χ3v) is 7.09. The molecule has 1 N–H and O–H groups in total. The zero-order chi connectivity index (χ0) is 24.2. The van der Waals surface area contributed by atoms with Gasteiger partial charge in [-0.05, 0) is 46.0 Å². The summed E-state index contributed by atoms with van der Waals surface area (Å²) in [6, 6.07) is 0.680. The van der Waals surface area contributed by atoms with Crippen LogP contribution in [-0.4, -0.2) is 64.2 Å². The Balaban J connectivity index is 1.46. The Morgan fingerprint density at radius 3 is 2.64 bits per heavy atom. The molecule has 2 aliphatic heterocycles. The first-order valence-electron chi connectivity index (χ1n) is 11.2. The van der Waals surface area contributed by atoms with Crippen LogP contribution >= 0.6 is 0 Å². The Morgan fingerprint density at radius 2 is 1.97 bits per heavy atom. The fourth-order valence-electron chi connectivity index (χ4n) is 5.50. The molecule has 1 aromatic heterocycles. The smallest absolute Gasteiger partial charge is 0.433 e. The van der Waals surface area contributed by atoms with Crippen LogP contribution in [0.4, 0.5) is 23.8 Å². The van der Waals surface area contributed by atoms with E-state index in [0.717, 1.165) is 12.4 Å². The topological polar surface area (TPSA) is 87.7 Å². The van der Waals surface area contributed by atoms with Crippen molar-refractivity contribution in [3.63, 3.8) is 0 Å². The molecule has 2 unspecified atom stereocenters. The summed E-state index contributed by atoms with van der Waals surface area (Å²) in [6.07, 6.45) is -2.23. The number of carbonyl (C=O) groups excluding carboxylic acids is 2. The van der Waals surface area contributed by atoms with Gasteiger partial charge in [0.1, 0.15) is 23.4 Å². The highest BCUT2D eigenvalue weighted by atomic mass is 19.4. The summed E-state index contributed by atoms with van der Waals surface area (Å²) < 4.78 is 44.6. The lowest BCUT2D eigenvalue weighted by molar-refractivity contribution is -0.141. The van der Waals surface area contributed by atoms with E-state index in [9.17, 15) is 22.8 Å². The van der Waals surface area contributed by atoms with Crippen molar-refractivity contribution >= 4 is 17.8 Å². The number of amides is 2. The Kier molecular flexibility index (Phi) is 5.73. The van der Waals surface area contributed by atoms with E-state index in [0.29, 0.717) is 38.9 Å². The summed E-state index contributed by atoms with van der Waals surface area (Å²) in [4.78, 5) is 36.7. The summed E-state index contributed by atoms with van der Waals surface area (Å²) in [5.41, 5.74) is -2.16. The van der Waals surface area contributed by atoms with E-state index >= 15 is 0 Å². The molecule has 4 atom stereocenters. The Bertz CT molecular complexity index is 935. The van der Waals surface area contributed by atoms with Crippen molar-refractivity contribution in [2.24, 2.45) is 11.3 Å². The number of halogens is 3. The number of hydrogen-bond acceptors (Lipinski definition) is 6. The van der Waals surface area contributed by atoms with Crippen LogP contribution in [0.15, 0.2) is 12.4 Å². The van der Waals surface area contributed by atoms with E-state index in [4.69, 9.17) is 4.74 Å². The number of ether oxygens (including phenoxy) is 1. The molecular weight excluding hydrogens is 439 g/mol. The molecule has 4 rings (SSSR count). The molecule has 2 saturated heterocycles. The van der Waals surface area contributed by atoms with E-state index in [1.54, 1.807) is 25.7 Å². The molecule has 33 heavy (non-hydrogen) atoms. The Labute approximate surface area is 190 Å². The van der Waals surface area contributed by atoms with Gasteiger partial charge < -0.3 is 19.9 Å². The van der Waals surface area contributed by atoms with Gasteiger partial charge in [0.25, 0.3) is 0 Å². The van der Waals surface area contributed by atoms with Crippen molar-refractivity contribution in [2.45, 2.75) is 70.8 Å². The molecule has 182 valence electrons. The van der Waals surface area contributed by atoms with Gasteiger partial charge in [0.05, 0.1) is 11.5 Å². The molecule has 8 nitrogen and oxygen atoms in total. The summed E-state index contributed by atoms with van der Waals surface area (Å²) >= 11 is 0. The minimum absolute atomic E-state index is 0.0119. The number of alkyl halides is 3. The largest absolute Gasteiger partial charge is 0.444 e. The average molecular weight is 470 g/mol. The van der Waals surface area contributed by atoms with Crippen LogP contribution in [0.1, 0.15) is 52.7 Å². The molecule has 3 aliphatic rings. The lowest BCUT2D eigenvalue weighted by atomic mass is 9.74. The van der Waals surface area contributed by atoms with Crippen LogP contribution in [0.5, 0.6) is 0 Å². The van der Waals surface area contributed by atoms with Crippen molar-refractivity contribution < 1.29 is 27.5 Å². The summed E-state index contributed by atoms with van der Waals surface area (Å²) in [7, 11) is 0. The van der Waals surface area contributed by atoms with Crippen LogP contribution < -0.4 is 10.2 Å². The quantitative estimate of drug-likeness (QED) is 0.716. The summed E-state index contributed by atoms with van der Waals surface area (Å²) in [5, 5.41) is 2.90. The monoisotopic (exact) mass is 469 g/mol. The van der Waals surface area contributed by atoms with Gasteiger partial charge in [0.2, 0.25) is 5.91 Å². The highest BCUT2D eigenvalue weighted by Crippen LogP contribution is 2.53. The molecule has 0 aromatic carbocycles. The fraction of sp³-hybridized carbons (Fsp3) is 0.727. The van der Waals surface area contributed by atoms with Crippen LogP contribution in [-0.2, 0) is 15.7 Å². The first-order valence-corrected chi connectivity index (χ1v) is 11.2. The number of alkyl carbamates (subject to hydrolysis) is 1. The van der Waals surface area contributed by atoms with Gasteiger partial charge in [-0.15, -0.1) is 0 Å². The number of anilines is 1. The highest BCUT2D eigenvalue weighted by Gasteiger charge is 2.60. The summed E-state index contributed by atoms with van der Waals surface area (Å²) in [5.74, 6) is 0.280. The van der Waals surface area contributed by atoms with Crippen molar-refractivity contribution in [3.05, 3.63) is 18.1 Å². The number of nitrogens with zero attached hydrogens (tertiary/aromatic N) is 4. The third-order valence-electron chi connectivity index (χ3n) is 7.09. The zero-order valence-corrected chi connectivity index (χ0v) is 19.3. The van der Waals surface area contributed by atoms with Crippen LogP contribution in [0.2, 0.25) is 0 Å². The van der Waals surface area contributed by atoms with Crippen LogP contribution in [0.3, 0.4) is 0 Å². The summed E-state index contributed by atoms with van der Waals surface area (Å²) in [6.45, 7) is 8.65. The predicted octanol–water partition coefficient (Wildman–Crippen LogP) is 3.23. The molecular formula is C22H30F3N5O3. The first kappa shape index (κ1) is 23.6. The number of piperazine rings is 1. The van der Waals surface area contributed by atoms with Gasteiger partial charge >= 0.3 is 12.3 Å². The SMILES string of the molecule is CC1C2CN(c3cc(C(F)(F)F)ncn3)CCN2C(=O)[C@]12CC[C@@H](NC(=O)OC(C)(C)C)C2. The second kappa shape index (κ2) is 8.02. The van der Waals surface area contributed by atoms with E-state index in [1.807, 2.05) is 11.8 Å². The fourth-order valence-corrected chi connectivity index (χ4v) is 5.50. The van der Waals surface area contributed by atoms with Gasteiger partial charge in [0, 0.05) is 31.7 Å². The number of hydrogen-bond donors (Lipinski definition) is 1. The Hall–Kier alpha value is -2.59. The lowest BCUT2D eigenvalue weighted by Gasteiger charge is -2.39. The van der Waals surface area contributed by atoms with E-state index in [1.165, 1.54) is 0 Å². The maximum Gasteiger partial charge on any atom is 0.433 e. The number of nitrogens with one attached hydrogen (secondary N) is 1. The second-order valence-electron chi connectivity index (χ2n) is 10.3. The zero-order valence-electron chi connectivity index (χ0n) is 19.3. The van der Waals surface area contributed by atoms with E-state index in [-0.39, 0.29) is 29.7 Å². The van der Waals surface area contributed by atoms with Crippen molar-refractivity contribution in [2.75, 3.05) is 24.5 Å². The molecule has 1 aliphatic carbocycles. The number of carbonyl (C=O) groups is 2. The average Bonchev–Trinajstić information content (AvgIpc) is 3.22. The minimum atomic E-state index is -4.54. The van der Waals surface area contributed by atoms with Crippen molar-refractivity contribution in [1.29, 1.82) is 0 Å². The van der Waals surface area contributed by atoms with Crippen molar-refractivity contribution in [3.8, 4) is 0 Å². The van der Waals surface area contributed by atoms with Gasteiger partial charge in [-0.1, -0.05) is 6.92 Å². The first-order chi connectivity index (χ1) is 15.3. The molecule has 0 radical (unpaired) electrons. The maximum atomic E-state index is 13.5. The molecule has 2 amide bonds. The molecule has 3 heterocycles. The second-order valence-corrected chi connectivity index (χ2v) is 10.3. The maximum absolute atomic E-state index is 13.5. The molecule has 1 aromatic rings. The molecule has 3 fully saturated rings. The van der Waals surface area contributed by atoms with Gasteiger partial charge in [-0.25, -0.2) is 14.8 Å². The normalized spacial score (nSPS) is 30.0. The molecule has 1 saturated carbocycles. The third kappa shape index (κ3) is 4.46. The molecule has 11 heteroatoms. The van der Waals surface area contributed by atoms with Crippen LogP contribution in [0, 0.1) is 11.3 Å². The van der Waals surface area contributed by atoms with Gasteiger partial charge in [-0.3, -0.25) is 4.79 Å². The van der Waals surface area contributed by atoms with Gasteiger partial charge in [-0.2, -0.15) is 13.2 Å². The van der Waals surface area contributed by atoms with Gasteiger partial charge in [0.15, 0.2) is 0 Å². The predicted molar refractivity (Wildman–Crippen MR) is 113 cm³/mol. The van der Waals surface area contributed by atoms with Crippen molar-refractivity contribution in [1.82, 2.24) is 20.2 Å². The molecule has 1 spiro atoms. The van der Waals surface area contributed by atoms with E-state index < -0.39 is 29.0 Å². The number of aromatic nitrogens is 2. The highest BCUT2D eigenvalue weighted by molar-refractivity contribution is 5.87. The minimum Gasteiger partial charge on any atom is -0.444 e. The Morgan fingerprint density at radius 1 is 1.24 bits per heavy atom. The molecule has 0 bridgehead atoms. The lowest BCUT2D eigenvalue weighted by Crippen LogP contribution is -2.53. The van der Waals surface area contributed by atoms with E-state index in [2.05, 4.69) is 15.3 Å². The standard InChI is InChI=1S/C22H30F3N5O3/c1-13-15-11-29(17-9-16(22(23,24)25)26-12-27-17)7-8-30(15)18(31)21(13)6-5-14(10-21)28-19(32)33-20(2,3)4/h9,12-15H,5-8,10-11H2,1-4H3,(H,28,32)/t13?,14-,15?,21+/m1/s1. The van der Waals surface area contributed by atoms with Crippen LogP contribution in [0.25, 0.3) is 0 Å².